The molecule has 2 unspecified atom stereocenters. The number of imide groups is 1. The number of piperidine rings is 1. The molecule has 2 atom stereocenters. The summed E-state index contributed by atoms with van der Waals surface area (Å²) in [4.78, 5) is 24.2. The van der Waals surface area contributed by atoms with Gasteiger partial charge in [0.05, 0.1) is 5.92 Å². The molecule has 3 rings (SSSR count). The third-order valence-electron chi connectivity index (χ3n) is 4.95. The lowest BCUT2D eigenvalue weighted by Gasteiger charge is -2.44. The number of hydrogen-bond acceptors (Lipinski definition) is 2. The zero-order valence-electron chi connectivity index (χ0n) is 12.2. The maximum atomic E-state index is 13.5. The maximum absolute atomic E-state index is 13.5. The number of nitrogens with one attached hydrogen (secondary N) is 1. The molecule has 0 radical (unpaired) electrons. The van der Waals surface area contributed by atoms with Gasteiger partial charge in [-0.25, -0.2) is 4.39 Å². The largest absolute Gasteiger partial charge is 0.296 e. The number of halogens is 1. The lowest BCUT2D eigenvalue weighted by molar-refractivity contribution is -0.140. The van der Waals surface area contributed by atoms with Gasteiger partial charge in [-0.3, -0.25) is 14.9 Å². The number of carbonyl (C=O) groups is 2. The van der Waals surface area contributed by atoms with Crippen molar-refractivity contribution in [3.8, 4) is 0 Å². The first kappa shape index (κ1) is 14.2. The SMILES string of the molecule is CC1(CC2CCC2)CC(=O)NC(=O)C1c1cccc(F)c1. The van der Waals surface area contributed by atoms with E-state index in [4.69, 9.17) is 0 Å². The Morgan fingerprint density at radius 3 is 2.71 bits per heavy atom. The number of amides is 2. The summed E-state index contributed by atoms with van der Waals surface area (Å²) in [6.45, 7) is 2.00. The number of benzene rings is 1. The van der Waals surface area contributed by atoms with Crippen molar-refractivity contribution in [1.29, 1.82) is 0 Å². The third kappa shape index (κ3) is 2.71. The predicted molar refractivity (Wildman–Crippen MR) is 77.0 cm³/mol. The van der Waals surface area contributed by atoms with Crippen LogP contribution < -0.4 is 5.32 Å². The van der Waals surface area contributed by atoms with E-state index in [0.717, 1.165) is 6.42 Å². The Morgan fingerprint density at radius 1 is 1.33 bits per heavy atom. The fourth-order valence-electron chi connectivity index (χ4n) is 3.83. The molecule has 2 amide bonds. The van der Waals surface area contributed by atoms with Crippen LogP contribution in [0.2, 0.25) is 0 Å². The molecule has 0 bridgehead atoms. The molecule has 112 valence electrons. The molecule has 1 saturated carbocycles. The van der Waals surface area contributed by atoms with Gasteiger partial charge >= 0.3 is 0 Å². The highest BCUT2D eigenvalue weighted by Gasteiger charge is 2.47. The number of hydrogen-bond donors (Lipinski definition) is 1. The second-order valence-electron chi connectivity index (χ2n) is 6.73. The molecule has 4 heteroatoms. The first-order valence-electron chi connectivity index (χ1n) is 7.57. The number of carbonyl (C=O) groups excluding carboxylic acids is 2. The number of rotatable bonds is 3. The molecular weight excluding hydrogens is 269 g/mol. The first-order chi connectivity index (χ1) is 9.98. The van der Waals surface area contributed by atoms with Gasteiger partial charge in [0.1, 0.15) is 5.82 Å². The zero-order chi connectivity index (χ0) is 15.0. The highest BCUT2D eigenvalue weighted by molar-refractivity contribution is 6.02. The Balaban J connectivity index is 1.95. The van der Waals surface area contributed by atoms with Crippen molar-refractivity contribution in [3.05, 3.63) is 35.6 Å². The van der Waals surface area contributed by atoms with Crippen LogP contribution in [0.25, 0.3) is 0 Å². The van der Waals surface area contributed by atoms with Crippen molar-refractivity contribution >= 4 is 11.8 Å². The summed E-state index contributed by atoms with van der Waals surface area (Å²) in [6, 6.07) is 6.19. The van der Waals surface area contributed by atoms with Crippen molar-refractivity contribution in [2.75, 3.05) is 0 Å². The van der Waals surface area contributed by atoms with Crippen LogP contribution in [0.15, 0.2) is 24.3 Å². The molecule has 21 heavy (non-hydrogen) atoms. The van der Waals surface area contributed by atoms with E-state index in [1.807, 2.05) is 6.92 Å². The minimum absolute atomic E-state index is 0.213. The minimum Gasteiger partial charge on any atom is -0.296 e. The van der Waals surface area contributed by atoms with Gasteiger partial charge in [-0.2, -0.15) is 0 Å². The molecule has 1 heterocycles. The molecule has 3 nitrogen and oxygen atoms in total. The zero-order valence-corrected chi connectivity index (χ0v) is 12.2. The van der Waals surface area contributed by atoms with Gasteiger partial charge in [0, 0.05) is 6.42 Å². The summed E-state index contributed by atoms with van der Waals surface area (Å²) < 4.78 is 13.5. The van der Waals surface area contributed by atoms with Crippen LogP contribution in [0, 0.1) is 17.2 Å². The molecular formula is C17H20FNO2. The van der Waals surface area contributed by atoms with Gasteiger partial charge in [-0.15, -0.1) is 0 Å². The molecule has 1 aliphatic heterocycles. The molecule has 0 aromatic heterocycles. The van der Waals surface area contributed by atoms with Crippen molar-refractivity contribution in [3.63, 3.8) is 0 Å². The lowest BCUT2D eigenvalue weighted by Crippen LogP contribution is -2.50. The Morgan fingerprint density at radius 2 is 2.10 bits per heavy atom. The summed E-state index contributed by atoms with van der Waals surface area (Å²) in [6.07, 6.45) is 4.75. The second-order valence-corrected chi connectivity index (χ2v) is 6.73. The highest BCUT2D eigenvalue weighted by atomic mass is 19.1. The first-order valence-corrected chi connectivity index (χ1v) is 7.57. The summed E-state index contributed by atoms with van der Waals surface area (Å²) >= 11 is 0. The summed E-state index contributed by atoms with van der Waals surface area (Å²) in [5, 5.41) is 2.41. The van der Waals surface area contributed by atoms with E-state index in [1.165, 1.54) is 31.4 Å². The quantitative estimate of drug-likeness (QED) is 0.869. The Bertz CT molecular complexity index is 582. The lowest BCUT2D eigenvalue weighted by atomic mass is 9.62. The average Bonchev–Trinajstić information content (AvgIpc) is 2.33. The van der Waals surface area contributed by atoms with E-state index in [2.05, 4.69) is 5.32 Å². The normalized spacial score (nSPS) is 29.9. The van der Waals surface area contributed by atoms with Gasteiger partial charge in [0.2, 0.25) is 11.8 Å². The standard InChI is InChI=1S/C17H20FNO2/c1-17(9-11-4-2-5-11)10-14(20)19-16(21)15(17)12-6-3-7-13(18)8-12/h3,6-8,11,15H,2,4-5,9-10H2,1H3,(H,19,20,21). The molecule has 2 fully saturated rings. The third-order valence-corrected chi connectivity index (χ3v) is 4.95. The highest BCUT2D eigenvalue weighted by Crippen LogP contribution is 2.49. The summed E-state index contributed by atoms with van der Waals surface area (Å²) in [5.74, 6) is -0.715. The van der Waals surface area contributed by atoms with Crippen LogP contribution in [-0.4, -0.2) is 11.8 Å². The monoisotopic (exact) mass is 289 g/mol. The Labute approximate surface area is 123 Å². The Hall–Kier alpha value is -1.71. The van der Waals surface area contributed by atoms with Crippen LogP contribution in [0.1, 0.15) is 50.5 Å². The van der Waals surface area contributed by atoms with Crippen LogP contribution in [0.3, 0.4) is 0 Å². The molecule has 1 saturated heterocycles. The molecule has 2 aliphatic rings. The molecule has 1 aromatic rings. The van der Waals surface area contributed by atoms with E-state index in [9.17, 15) is 14.0 Å². The summed E-state index contributed by atoms with van der Waals surface area (Å²) in [7, 11) is 0. The topological polar surface area (TPSA) is 46.2 Å². The fourth-order valence-corrected chi connectivity index (χ4v) is 3.83. The van der Waals surface area contributed by atoms with E-state index >= 15 is 0 Å². The Kier molecular flexibility index (Phi) is 3.56. The predicted octanol–water partition coefficient (Wildman–Crippen LogP) is 3.15. The van der Waals surface area contributed by atoms with Crippen LogP contribution in [0.5, 0.6) is 0 Å². The van der Waals surface area contributed by atoms with Crippen LogP contribution >= 0.6 is 0 Å². The maximum Gasteiger partial charge on any atom is 0.234 e. The fraction of sp³-hybridized carbons (Fsp3) is 0.529. The van der Waals surface area contributed by atoms with Gasteiger partial charge in [0.15, 0.2) is 0 Å². The molecule has 1 N–H and O–H groups in total. The van der Waals surface area contributed by atoms with E-state index < -0.39 is 11.3 Å². The second kappa shape index (κ2) is 5.24. The van der Waals surface area contributed by atoms with Crippen molar-refractivity contribution in [2.45, 2.75) is 44.9 Å². The van der Waals surface area contributed by atoms with Crippen molar-refractivity contribution < 1.29 is 14.0 Å². The van der Waals surface area contributed by atoms with E-state index in [0.29, 0.717) is 17.9 Å². The van der Waals surface area contributed by atoms with Gasteiger partial charge in [-0.05, 0) is 35.4 Å². The van der Waals surface area contributed by atoms with Crippen LogP contribution in [0.4, 0.5) is 4.39 Å². The smallest absolute Gasteiger partial charge is 0.234 e. The van der Waals surface area contributed by atoms with Gasteiger partial charge < -0.3 is 0 Å². The molecule has 0 spiro atoms. The van der Waals surface area contributed by atoms with E-state index in [-0.39, 0.29) is 17.6 Å². The van der Waals surface area contributed by atoms with Crippen LogP contribution in [-0.2, 0) is 9.59 Å². The van der Waals surface area contributed by atoms with Crippen molar-refractivity contribution in [1.82, 2.24) is 5.32 Å². The van der Waals surface area contributed by atoms with Gasteiger partial charge in [0.25, 0.3) is 0 Å². The van der Waals surface area contributed by atoms with E-state index in [1.54, 1.807) is 12.1 Å². The summed E-state index contributed by atoms with van der Waals surface area (Å²) in [5.41, 5.74) is 0.250. The average molecular weight is 289 g/mol. The van der Waals surface area contributed by atoms with Crippen molar-refractivity contribution in [2.24, 2.45) is 11.3 Å². The minimum atomic E-state index is -0.452. The molecule has 1 aromatic carbocycles. The van der Waals surface area contributed by atoms with Gasteiger partial charge in [-0.1, -0.05) is 38.3 Å². The molecule has 1 aliphatic carbocycles.